The molecule has 1 heterocycles. The van der Waals surface area contributed by atoms with E-state index in [1.165, 1.54) is 17.7 Å². The first-order chi connectivity index (χ1) is 8.54. The molecule has 1 N–H and O–H groups in total. The van der Waals surface area contributed by atoms with E-state index in [0.29, 0.717) is 5.52 Å². The molecule has 0 bridgehead atoms. The molecule has 18 heavy (non-hydrogen) atoms. The van der Waals surface area contributed by atoms with Crippen molar-refractivity contribution in [3.05, 3.63) is 28.5 Å². The van der Waals surface area contributed by atoms with E-state index in [2.05, 4.69) is 10.1 Å². The highest BCUT2D eigenvalue weighted by Gasteiger charge is 2.17. The minimum absolute atomic E-state index is 0.0180. The number of carbonyl (C=O) groups excluding carboxylic acids is 1. The fraction of sp³-hybridized carbons (Fsp3) is 0.273. The molecular formula is C11H11FN2O4. The van der Waals surface area contributed by atoms with Gasteiger partial charge in [-0.05, 0) is 19.1 Å². The summed E-state index contributed by atoms with van der Waals surface area (Å²) < 4.78 is 24.4. The van der Waals surface area contributed by atoms with Crippen molar-refractivity contribution >= 4 is 22.9 Å². The Bertz CT molecular complexity index is 659. The Hall–Kier alpha value is -2.31. The Kier molecular flexibility index (Phi) is 3.05. The lowest BCUT2D eigenvalue weighted by Gasteiger charge is -2.06. The van der Waals surface area contributed by atoms with E-state index in [0.717, 1.165) is 6.07 Å². The average Bonchev–Trinajstić information content (AvgIpc) is 2.60. The van der Waals surface area contributed by atoms with E-state index >= 15 is 0 Å². The zero-order valence-electron chi connectivity index (χ0n) is 9.82. The number of nitrogens with one attached hydrogen (secondary N) is 1. The Morgan fingerprint density at radius 1 is 1.56 bits per heavy atom. The maximum absolute atomic E-state index is 13.6. The fourth-order valence-corrected chi connectivity index (χ4v) is 1.55. The van der Waals surface area contributed by atoms with Crippen LogP contribution in [0.2, 0.25) is 0 Å². The number of amides is 1. The van der Waals surface area contributed by atoms with Gasteiger partial charge in [0.1, 0.15) is 5.69 Å². The molecule has 0 saturated heterocycles. The van der Waals surface area contributed by atoms with Crippen molar-refractivity contribution < 1.29 is 18.3 Å². The minimum Gasteiger partial charge on any atom is -0.450 e. The summed E-state index contributed by atoms with van der Waals surface area (Å²) in [6, 6.07) is 2.53. The van der Waals surface area contributed by atoms with Crippen LogP contribution in [0.4, 0.5) is 14.9 Å². The summed E-state index contributed by atoms with van der Waals surface area (Å²) in [5.41, 5.74) is 0.160. The molecule has 0 fully saturated rings. The number of benzene rings is 1. The van der Waals surface area contributed by atoms with Crippen molar-refractivity contribution in [1.29, 1.82) is 0 Å². The van der Waals surface area contributed by atoms with Gasteiger partial charge in [0.2, 0.25) is 0 Å². The molecule has 96 valence electrons. The number of halogens is 1. The van der Waals surface area contributed by atoms with Crippen molar-refractivity contribution in [1.82, 2.24) is 4.57 Å². The number of aryl methyl sites for hydroxylation is 1. The second-order valence-electron chi connectivity index (χ2n) is 3.54. The first-order valence-corrected chi connectivity index (χ1v) is 5.26. The van der Waals surface area contributed by atoms with Crippen LogP contribution < -0.4 is 11.1 Å². The first kappa shape index (κ1) is 12.2. The predicted molar refractivity (Wildman–Crippen MR) is 62.1 cm³/mol. The molecule has 0 aliphatic heterocycles. The SMILES string of the molecule is CCOC(=O)Nc1c(F)ccc2c1oc(=O)n2C. The molecule has 6 nitrogen and oxygen atoms in total. The minimum atomic E-state index is -0.810. The molecular weight excluding hydrogens is 243 g/mol. The van der Waals surface area contributed by atoms with Crippen molar-refractivity contribution in [2.75, 3.05) is 11.9 Å². The maximum atomic E-state index is 13.6. The number of anilines is 1. The Balaban J connectivity index is 2.55. The predicted octanol–water partition coefficient (Wildman–Crippen LogP) is 1.84. The van der Waals surface area contributed by atoms with Gasteiger partial charge in [0, 0.05) is 7.05 Å². The lowest BCUT2D eigenvalue weighted by Crippen LogP contribution is -2.14. The molecule has 7 heteroatoms. The quantitative estimate of drug-likeness (QED) is 0.887. The van der Waals surface area contributed by atoms with Crippen LogP contribution in [-0.2, 0) is 11.8 Å². The average molecular weight is 254 g/mol. The van der Waals surface area contributed by atoms with Gasteiger partial charge in [0.05, 0.1) is 12.1 Å². The van der Waals surface area contributed by atoms with Gasteiger partial charge in [0.25, 0.3) is 0 Å². The molecule has 0 atom stereocenters. The lowest BCUT2D eigenvalue weighted by molar-refractivity contribution is 0.168. The monoisotopic (exact) mass is 254 g/mol. The van der Waals surface area contributed by atoms with Crippen LogP contribution in [0, 0.1) is 5.82 Å². The van der Waals surface area contributed by atoms with Crippen molar-refractivity contribution in [2.45, 2.75) is 6.92 Å². The van der Waals surface area contributed by atoms with Crippen LogP contribution in [0.3, 0.4) is 0 Å². The van der Waals surface area contributed by atoms with Gasteiger partial charge < -0.3 is 9.15 Å². The fourth-order valence-electron chi connectivity index (χ4n) is 1.55. The third-order valence-corrected chi connectivity index (χ3v) is 2.41. The first-order valence-electron chi connectivity index (χ1n) is 5.26. The van der Waals surface area contributed by atoms with Gasteiger partial charge in [0.15, 0.2) is 11.4 Å². The smallest absolute Gasteiger partial charge is 0.419 e. The number of hydrogen-bond donors (Lipinski definition) is 1. The van der Waals surface area contributed by atoms with Crippen LogP contribution in [0.15, 0.2) is 21.3 Å². The molecule has 2 aromatic rings. The highest BCUT2D eigenvalue weighted by Crippen LogP contribution is 2.25. The Morgan fingerprint density at radius 3 is 2.94 bits per heavy atom. The number of ether oxygens (including phenoxy) is 1. The number of nitrogens with zero attached hydrogens (tertiary/aromatic N) is 1. The molecule has 1 amide bonds. The van der Waals surface area contributed by atoms with Gasteiger partial charge >= 0.3 is 11.8 Å². The Morgan fingerprint density at radius 2 is 2.28 bits per heavy atom. The van der Waals surface area contributed by atoms with E-state index in [-0.39, 0.29) is 17.9 Å². The molecule has 0 spiro atoms. The number of rotatable bonds is 2. The molecule has 0 aliphatic rings. The van der Waals surface area contributed by atoms with E-state index in [9.17, 15) is 14.0 Å². The second kappa shape index (κ2) is 4.52. The third-order valence-electron chi connectivity index (χ3n) is 2.41. The highest BCUT2D eigenvalue weighted by molar-refractivity contribution is 5.96. The third kappa shape index (κ3) is 1.94. The van der Waals surface area contributed by atoms with Gasteiger partial charge in [-0.25, -0.2) is 14.0 Å². The van der Waals surface area contributed by atoms with Gasteiger partial charge in [-0.2, -0.15) is 0 Å². The number of fused-ring (bicyclic) bond motifs is 1. The normalized spacial score (nSPS) is 10.6. The van der Waals surface area contributed by atoms with E-state index in [4.69, 9.17) is 4.42 Å². The molecule has 0 saturated carbocycles. The molecule has 1 aromatic carbocycles. The van der Waals surface area contributed by atoms with Crippen molar-refractivity contribution in [2.24, 2.45) is 7.05 Å². The standard InChI is InChI=1S/C11H11FN2O4/c1-3-17-10(15)13-8-6(12)4-5-7-9(8)18-11(16)14(7)2/h4-5H,3H2,1-2H3,(H,13,15). The summed E-state index contributed by atoms with van der Waals surface area (Å²) in [7, 11) is 1.49. The highest BCUT2D eigenvalue weighted by atomic mass is 19.1. The lowest BCUT2D eigenvalue weighted by atomic mass is 10.2. The number of hydrogen-bond acceptors (Lipinski definition) is 4. The van der Waals surface area contributed by atoms with E-state index in [1.807, 2.05) is 0 Å². The zero-order valence-corrected chi connectivity index (χ0v) is 9.82. The van der Waals surface area contributed by atoms with Gasteiger partial charge in [-0.3, -0.25) is 9.88 Å². The molecule has 1 aromatic heterocycles. The summed E-state index contributed by atoms with van der Waals surface area (Å²) in [5.74, 6) is -1.34. The summed E-state index contributed by atoms with van der Waals surface area (Å²) in [6.45, 7) is 1.78. The van der Waals surface area contributed by atoms with Gasteiger partial charge in [-0.1, -0.05) is 0 Å². The zero-order chi connectivity index (χ0) is 13.3. The van der Waals surface area contributed by atoms with Crippen molar-refractivity contribution in [3.63, 3.8) is 0 Å². The number of carbonyl (C=O) groups is 1. The van der Waals surface area contributed by atoms with Crippen LogP contribution in [0.1, 0.15) is 6.92 Å². The van der Waals surface area contributed by atoms with Crippen LogP contribution >= 0.6 is 0 Å². The number of oxazole rings is 1. The van der Waals surface area contributed by atoms with Gasteiger partial charge in [-0.15, -0.1) is 0 Å². The van der Waals surface area contributed by atoms with Crippen molar-refractivity contribution in [3.8, 4) is 0 Å². The second-order valence-corrected chi connectivity index (χ2v) is 3.54. The van der Waals surface area contributed by atoms with E-state index < -0.39 is 17.7 Å². The van der Waals surface area contributed by atoms with Crippen LogP contribution in [0.25, 0.3) is 11.1 Å². The topological polar surface area (TPSA) is 73.5 Å². The largest absolute Gasteiger partial charge is 0.450 e. The maximum Gasteiger partial charge on any atom is 0.419 e. The van der Waals surface area contributed by atoms with Crippen LogP contribution in [0.5, 0.6) is 0 Å². The Labute approximate surface area is 101 Å². The summed E-state index contributed by atoms with van der Waals surface area (Å²) >= 11 is 0. The number of aromatic nitrogens is 1. The molecule has 0 unspecified atom stereocenters. The van der Waals surface area contributed by atoms with E-state index in [1.54, 1.807) is 6.92 Å². The summed E-state index contributed by atoms with van der Waals surface area (Å²) in [6.07, 6.45) is -0.810. The van der Waals surface area contributed by atoms with Crippen LogP contribution in [-0.4, -0.2) is 17.3 Å². The molecule has 0 radical (unpaired) electrons. The molecule has 2 rings (SSSR count). The molecule has 0 aliphatic carbocycles. The summed E-state index contributed by atoms with van der Waals surface area (Å²) in [4.78, 5) is 22.6. The summed E-state index contributed by atoms with van der Waals surface area (Å²) in [5, 5.41) is 2.21.